The van der Waals surface area contributed by atoms with Gasteiger partial charge in [0.1, 0.15) is 0 Å². The van der Waals surface area contributed by atoms with Crippen LogP contribution in [0.1, 0.15) is 30.4 Å². The normalized spacial score (nSPS) is 21.1. The minimum atomic E-state index is -4.28. The molecule has 112 valence electrons. The van der Waals surface area contributed by atoms with Crippen LogP contribution in [0.25, 0.3) is 0 Å². The summed E-state index contributed by atoms with van der Waals surface area (Å²) in [6.45, 7) is 2.08. The Morgan fingerprint density at radius 2 is 2.00 bits per heavy atom. The Bertz CT molecular complexity index is 431. The lowest BCUT2D eigenvalue weighted by Crippen LogP contribution is -2.43. The van der Waals surface area contributed by atoms with Crippen molar-refractivity contribution in [1.29, 1.82) is 0 Å². The van der Waals surface area contributed by atoms with E-state index in [-0.39, 0.29) is 6.54 Å². The molecule has 1 aliphatic rings. The van der Waals surface area contributed by atoms with Crippen LogP contribution in [0, 0.1) is 0 Å². The highest BCUT2D eigenvalue weighted by molar-refractivity contribution is 5.29. The first-order valence-electron chi connectivity index (χ1n) is 7.04. The maximum absolute atomic E-state index is 12.9. The van der Waals surface area contributed by atoms with Crippen molar-refractivity contribution in [2.75, 3.05) is 20.1 Å². The Labute approximate surface area is 118 Å². The average molecular weight is 286 g/mol. The fourth-order valence-electron chi connectivity index (χ4n) is 2.73. The van der Waals surface area contributed by atoms with Crippen LogP contribution >= 0.6 is 0 Å². The van der Waals surface area contributed by atoms with Gasteiger partial charge in [0.05, 0.1) is 5.56 Å². The molecule has 0 spiro atoms. The molecule has 0 aliphatic carbocycles. The topological polar surface area (TPSA) is 15.3 Å². The molecular formula is C15H21F3N2. The lowest BCUT2D eigenvalue weighted by molar-refractivity contribution is -0.138. The lowest BCUT2D eigenvalue weighted by atomic mass is 10.0. The standard InChI is InChI=1S/C15H21F3N2/c1-20-9-5-4-7-13(20)11-19-10-12-6-2-3-8-14(12)15(16,17)18/h2-3,6,8,13,19H,4-5,7,9-11H2,1H3. The van der Waals surface area contributed by atoms with Gasteiger partial charge in [-0.15, -0.1) is 0 Å². The lowest BCUT2D eigenvalue weighted by Gasteiger charge is -2.32. The van der Waals surface area contributed by atoms with E-state index in [1.807, 2.05) is 0 Å². The number of nitrogens with one attached hydrogen (secondary N) is 1. The van der Waals surface area contributed by atoms with Crippen LogP contribution in [0.5, 0.6) is 0 Å². The van der Waals surface area contributed by atoms with Crippen molar-refractivity contribution < 1.29 is 13.2 Å². The van der Waals surface area contributed by atoms with E-state index in [0.29, 0.717) is 11.6 Å². The van der Waals surface area contributed by atoms with Crippen molar-refractivity contribution >= 4 is 0 Å². The number of rotatable bonds is 4. The Morgan fingerprint density at radius 3 is 2.70 bits per heavy atom. The second-order valence-electron chi connectivity index (χ2n) is 5.42. The van der Waals surface area contributed by atoms with E-state index in [4.69, 9.17) is 0 Å². The molecule has 0 radical (unpaired) electrons. The zero-order chi connectivity index (χ0) is 14.6. The van der Waals surface area contributed by atoms with E-state index < -0.39 is 11.7 Å². The molecule has 1 saturated heterocycles. The van der Waals surface area contributed by atoms with Gasteiger partial charge >= 0.3 is 6.18 Å². The van der Waals surface area contributed by atoms with Gasteiger partial charge in [0.25, 0.3) is 0 Å². The van der Waals surface area contributed by atoms with Gasteiger partial charge in [0.2, 0.25) is 0 Å². The molecule has 1 fully saturated rings. The zero-order valence-corrected chi connectivity index (χ0v) is 11.7. The molecular weight excluding hydrogens is 265 g/mol. The van der Waals surface area contributed by atoms with Gasteiger partial charge in [-0.25, -0.2) is 0 Å². The third kappa shape index (κ3) is 3.96. The number of halogens is 3. The van der Waals surface area contributed by atoms with Crippen molar-refractivity contribution in [1.82, 2.24) is 10.2 Å². The van der Waals surface area contributed by atoms with Gasteiger partial charge in [-0.3, -0.25) is 0 Å². The number of nitrogens with zero attached hydrogens (tertiary/aromatic N) is 1. The second-order valence-corrected chi connectivity index (χ2v) is 5.42. The first-order valence-corrected chi connectivity index (χ1v) is 7.04. The molecule has 0 saturated carbocycles. The Hall–Kier alpha value is -1.07. The monoisotopic (exact) mass is 286 g/mol. The molecule has 1 aromatic rings. The van der Waals surface area contributed by atoms with Crippen LogP contribution < -0.4 is 5.32 Å². The molecule has 1 N–H and O–H groups in total. The smallest absolute Gasteiger partial charge is 0.311 e. The molecule has 1 heterocycles. The second kappa shape index (κ2) is 6.59. The minimum Gasteiger partial charge on any atom is -0.311 e. The predicted molar refractivity (Wildman–Crippen MR) is 73.4 cm³/mol. The summed E-state index contributed by atoms with van der Waals surface area (Å²) in [7, 11) is 2.08. The van der Waals surface area contributed by atoms with Gasteiger partial charge in [0.15, 0.2) is 0 Å². The highest BCUT2D eigenvalue weighted by atomic mass is 19.4. The summed E-state index contributed by atoms with van der Waals surface area (Å²) >= 11 is 0. The number of likely N-dealkylation sites (tertiary alicyclic amines) is 1. The van der Waals surface area contributed by atoms with Crippen molar-refractivity contribution in [3.05, 3.63) is 35.4 Å². The molecule has 2 nitrogen and oxygen atoms in total. The van der Waals surface area contributed by atoms with E-state index in [9.17, 15) is 13.2 Å². The van der Waals surface area contributed by atoms with Crippen molar-refractivity contribution in [2.45, 2.75) is 38.0 Å². The Balaban J connectivity index is 1.91. The number of likely N-dealkylation sites (N-methyl/N-ethyl adjacent to an activating group) is 1. The molecule has 2 rings (SSSR count). The van der Waals surface area contributed by atoms with Crippen molar-refractivity contribution in [2.24, 2.45) is 0 Å². The number of alkyl halides is 3. The van der Waals surface area contributed by atoms with Crippen LogP contribution in [0.3, 0.4) is 0 Å². The zero-order valence-electron chi connectivity index (χ0n) is 11.7. The van der Waals surface area contributed by atoms with Crippen LogP contribution in [0.15, 0.2) is 24.3 Å². The van der Waals surface area contributed by atoms with Gasteiger partial charge in [-0.05, 0) is 38.1 Å². The van der Waals surface area contributed by atoms with Crippen LogP contribution in [-0.4, -0.2) is 31.1 Å². The van der Waals surface area contributed by atoms with Gasteiger partial charge < -0.3 is 10.2 Å². The van der Waals surface area contributed by atoms with Crippen LogP contribution in [-0.2, 0) is 12.7 Å². The number of hydrogen-bond donors (Lipinski definition) is 1. The molecule has 0 aromatic heterocycles. The van der Waals surface area contributed by atoms with E-state index in [1.165, 1.54) is 18.9 Å². The summed E-state index contributed by atoms with van der Waals surface area (Å²) in [6.07, 6.45) is -0.746. The molecule has 0 amide bonds. The molecule has 1 unspecified atom stereocenters. The fraction of sp³-hybridized carbons (Fsp3) is 0.600. The highest BCUT2D eigenvalue weighted by Gasteiger charge is 2.32. The van der Waals surface area contributed by atoms with Crippen molar-refractivity contribution in [3.8, 4) is 0 Å². The third-order valence-electron chi connectivity index (χ3n) is 3.94. The summed E-state index contributed by atoms with van der Waals surface area (Å²) in [4.78, 5) is 2.28. The molecule has 5 heteroatoms. The quantitative estimate of drug-likeness (QED) is 0.914. The number of piperidine rings is 1. The average Bonchev–Trinajstić information content (AvgIpc) is 2.40. The van der Waals surface area contributed by atoms with E-state index in [0.717, 1.165) is 25.6 Å². The summed E-state index contributed by atoms with van der Waals surface area (Å²) in [5.41, 5.74) is -0.219. The van der Waals surface area contributed by atoms with E-state index in [1.54, 1.807) is 12.1 Å². The van der Waals surface area contributed by atoms with Gasteiger partial charge in [-0.2, -0.15) is 13.2 Å². The first-order chi connectivity index (χ1) is 9.48. The molecule has 1 aromatic carbocycles. The Kier molecular flexibility index (Phi) is 5.05. The third-order valence-corrected chi connectivity index (χ3v) is 3.94. The van der Waals surface area contributed by atoms with Crippen LogP contribution in [0.2, 0.25) is 0 Å². The SMILES string of the molecule is CN1CCCCC1CNCc1ccccc1C(F)(F)F. The molecule has 1 aliphatic heterocycles. The largest absolute Gasteiger partial charge is 0.416 e. The predicted octanol–water partition coefficient (Wildman–Crippen LogP) is 3.28. The van der Waals surface area contributed by atoms with Crippen molar-refractivity contribution in [3.63, 3.8) is 0 Å². The Morgan fingerprint density at radius 1 is 1.25 bits per heavy atom. The highest BCUT2D eigenvalue weighted by Crippen LogP contribution is 2.31. The molecule has 1 atom stereocenters. The molecule has 20 heavy (non-hydrogen) atoms. The summed E-state index contributed by atoms with van der Waals surface area (Å²) < 4.78 is 38.6. The maximum Gasteiger partial charge on any atom is 0.416 e. The summed E-state index contributed by atoms with van der Waals surface area (Å²) in [5.74, 6) is 0. The number of hydrogen-bond acceptors (Lipinski definition) is 2. The minimum absolute atomic E-state index is 0.264. The molecule has 0 bridgehead atoms. The van der Waals surface area contributed by atoms with Crippen LogP contribution in [0.4, 0.5) is 13.2 Å². The fourth-order valence-corrected chi connectivity index (χ4v) is 2.73. The number of benzene rings is 1. The first kappa shape index (κ1) is 15.3. The van der Waals surface area contributed by atoms with Gasteiger partial charge in [-0.1, -0.05) is 24.6 Å². The van der Waals surface area contributed by atoms with E-state index >= 15 is 0 Å². The summed E-state index contributed by atoms with van der Waals surface area (Å²) in [5, 5.41) is 3.17. The summed E-state index contributed by atoms with van der Waals surface area (Å²) in [6, 6.07) is 6.20. The van der Waals surface area contributed by atoms with E-state index in [2.05, 4.69) is 17.3 Å². The maximum atomic E-state index is 12.9. The van der Waals surface area contributed by atoms with Gasteiger partial charge in [0, 0.05) is 19.1 Å².